The van der Waals surface area contributed by atoms with Crippen LogP contribution in [0.15, 0.2) is 48.5 Å². The summed E-state index contributed by atoms with van der Waals surface area (Å²) < 4.78 is 28.8. The average Bonchev–Trinajstić information content (AvgIpc) is 2.64. The van der Waals surface area contributed by atoms with Gasteiger partial charge in [0.05, 0.1) is 6.54 Å². The normalized spacial score (nSPS) is 11.1. The Morgan fingerprint density at radius 1 is 1.03 bits per heavy atom. The maximum atomic E-state index is 12.2. The van der Waals surface area contributed by atoms with E-state index in [2.05, 4.69) is 25.0 Å². The third-order valence-corrected chi connectivity index (χ3v) is 4.10. The van der Waals surface area contributed by atoms with Crippen molar-refractivity contribution in [2.24, 2.45) is 0 Å². The molecule has 0 fully saturated rings. The third-order valence-electron chi connectivity index (χ3n) is 4.10. The zero-order valence-corrected chi connectivity index (χ0v) is 16.1. The van der Waals surface area contributed by atoms with Crippen LogP contribution in [-0.4, -0.2) is 33.5 Å². The summed E-state index contributed by atoms with van der Waals surface area (Å²) in [5, 5.41) is 3.16. The number of rotatable bonds is 8. The number of nitrogen functional groups attached to an aromatic ring is 1. The molecule has 3 rings (SSSR count). The molecule has 1 heterocycles. The first-order valence-corrected chi connectivity index (χ1v) is 8.94. The number of ether oxygens (including phenoxy) is 1. The minimum Gasteiger partial charge on any atom is -0.435 e. The largest absolute Gasteiger partial charge is 0.435 e. The first kappa shape index (κ1) is 20.4. The summed E-state index contributed by atoms with van der Waals surface area (Å²) in [6, 6.07) is 14.3. The number of nitrogens with two attached hydrogens (primary N) is 1. The molecule has 0 amide bonds. The lowest BCUT2D eigenvalue weighted by Gasteiger charge is -2.17. The number of hydrogen-bond acceptors (Lipinski definition) is 7. The van der Waals surface area contributed by atoms with Gasteiger partial charge in [0.15, 0.2) is 0 Å². The van der Waals surface area contributed by atoms with Gasteiger partial charge < -0.3 is 15.8 Å². The van der Waals surface area contributed by atoms with Crippen molar-refractivity contribution in [3.05, 3.63) is 65.5 Å². The molecule has 0 atom stereocenters. The number of hydrogen-bond donors (Lipinski definition) is 2. The highest BCUT2D eigenvalue weighted by Gasteiger charge is 2.10. The molecule has 29 heavy (non-hydrogen) atoms. The molecule has 7 nitrogen and oxygen atoms in total. The van der Waals surface area contributed by atoms with Gasteiger partial charge in [-0.2, -0.15) is 23.7 Å². The molecule has 9 heteroatoms. The second-order valence-electron chi connectivity index (χ2n) is 6.57. The molecule has 0 aliphatic carbocycles. The maximum Gasteiger partial charge on any atom is 0.387 e. The van der Waals surface area contributed by atoms with E-state index in [-0.39, 0.29) is 11.7 Å². The number of para-hydroxylation sites is 1. The van der Waals surface area contributed by atoms with Crippen molar-refractivity contribution in [2.45, 2.75) is 26.6 Å². The van der Waals surface area contributed by atoms with Crippen molar-refractivity contribution < 1.29 is 13.5 Å². The van der Waals surface area contributed by atoms with E-state index < -0.39 is 6.61 Å². The van der Waals surface area contributed by atoms with Crippen molar-refractivity contribution in [3.63, 3.8) is 0 Å². The Labute approximate surface area is 167 Å². The van der Waals surface area contributed by atoms with Gasteiger partial charge in [-0.1, -0.05) is 30.3 Å². The Morgan fingerprint density at radius 2 is 1.76 bits per heavy atom. The van der Waals surface area contributed by atoms with Crippen molar-refractivity contribution in [3.8, 4) is 5.75 Å². The Balaban J connectivity index is 1.65. The highest BCUT2D eigenvalue weighted by atomic mass is 19.3. The van der Waals surface area contributed by atoms with Crippen LogP contribution in [0.2, 0.25) is 0 Å². The van der Waals surface area contributed by atoms with Crippen molar-refractivity contribution in [2.75, 3.05) is 18.1 Å². The second kappa shape index (κ2) is 9.24. The average molecular weight is 400 g/mol. The Bertz CT molecular complexity index is 952. The van der Waals surface area contributed by atoms with Crippen LogP contribution in [0, 0.1) is 6.92 Å². The van der Waals surface area contributed by atoms with Gasteiger partial charge in [0.2, 0.25) is 11.9 Å². The highest BCUT2D eigenvalue weighted by molar-refractivity contribution is 5.58. The van der Waals surface area contributed by atoms with Crippen LogP contribution in [0.25, 0.3) is 0 Å². The lowest BCUT2D eigenvalue weighted by molar-refractivity contribution is -0.0498. The molecule has 3 N–H and O–H groups in total. The minimum absolute atomic E-state index is 0.128. The number of aromatic nitrogens is 3. The summed E-state index contributed by atoms with van der Waals surface area (Å²) in [4.78, 5) is 14.8. The zero-order chi connectivity index (χ0) is 20.8. The summed E-state index contributed by atoms with van der Waals surface area (Å²) in [5.74, 6) is 1.16. The van der Waals surface area contributed by atoms with Gasteiger partial charge in [0.25, 0.3) is 0 Å². The van der Waals surface area contributed by atoms with Crippen molar-refractivity contribution in [1.82, 2.24) is 19.9 Å². The van der Waals surface area contributed by atoms with E-state index in [9.17, 15) is 8.78 Å². The number of nitrogens with zero attached hydrogens (tertiary/aromatic N) is 4. The topological polar surface area (TPSA) is 89.2 Å². The number of halogens is 2. The Kier molecular flexibility index (Phi) is 6.50. The molecule has 0 spiro atoms. The van der Waals surface area contributed by atoms with Gasteiger partial charge in [0.1, 0.15) is 11.6 Å². The smallest absolute Gasteiger partial charge is 0.387 e. The number of aryl methyl sites for hydroxylation is 1. The molecule has 0 radical (unpaired) electrons. The van der Waals surface area contributed by atoms with E-state index in [4.69, 9.17) is 5.73 Å². The molecular formula is C20H22F2N6O. The van der Waals surface area contributed by atoms with E-state index in [1.807, 2.05) is 43.1 Å². The number of nitrogens with one attached hydrogen (secondary N) is 1. The van der Waals surface area contributed by atoms with Gasteiger partial charge in [-0.25, -0.2) is 0 Å². The van der Waals surface area contributed by atoms with Crippen LogP contribution < -0.4 is 15.8 Å². The van der Waals surface area contributed by atoms with Gasteiger partial charge in [-0.05, 0) is 43.3 Å². The second-order valence-corrected chi connectivity index (χ2v) is 6.57. The van der Waals surface area contributed by atoms with Crippen LogP contribution in [0.1, 0.15) is 17.0 Å². The standard InChI is InChI=1S/C20H22F2N6O/c1-13-5-3-4-6-16(13)24-20-26-17(25-19(23)27-20)12-28(2)11-14-7-9-15(10-8-14)29-18(21)22/h3-10,18H,11-12H2,1-2H3,(H3,23,24,25,26,27). The Hall–Kier alpha value is -3.33. The fourth-order valence-corrected chi connectivity index (χ4v) is 2.78. The molecule has 0 aliphatic heterocycles. The van der Waals surface area contributed by atoms with Crippen molar-refractivity contribution >= 4 is 17.6 Å². The Morgan fingerprint density at radius 3 is 2.45 bits per heavy atom. The molecule has 1 aromatic heterocycles. The first-order chi connectivity index (χ1) is 13.9. The lowest BCUT2D eigenvalue weighted by Crippen LogP contribution is -2.20. The molecule has 0 unspecified atom stereocenters. The SMILES string of the molecule is Cc1ccccc1Nc1nc(N)nc(CN(C)Cc2ccc(OC(F)F)cc2)n1. The van der Waals surface area contributed by atoms with Crippen molar-refractivity contribution in [1.29, 1.82) is 0 Å². The summed E-state index contributed by atoms with van der Waals surface area (Å²) in [5.41, 5.74) is 8.73. The monoisotopic (exact) mass is 400 g/mol. The van der Waals surface area contributed by atoms with Crippen LogP contribution in [-0.2, 0) is 13.1 Å². The number of anilines is 3. The lowest BCUT2D eigenvalue weighted by atomic mass is 10.2. The maximum absolute atomic E-state index is 12.2. The fraction of sp³-hybridized carbons (Fsp3) is 0.250. The third kappa shape index (κ3) is 6.08. The summed E-state index contributed by atoms with van der Waals surface area (Å²) in [6.07, 6.45) is 0. The molecule has 0 aliphatic rings. The van der Waals surface area contributed by atoms with Gasteiger partial charge >= 0.3 is 6.61 Å². The van der Waals surface area contributed by atoms with E-state index in [0.29, 0.717) is 24.9 Å². The quantitative estimate of drug-likeness (QED) is 0.595. The molecule has 2 aromatic carbocycles. The summed E-state index contributed by atoms with van der Waals surface area (Å²) in [7, 11) is 1.90. The molecule has 152 valence electrons. The highest BCUT2D eigenvalue weighted by Crippen LogP contribution is 2.19. The summed E-state index contributed by atoms with van der Waals surface area (Å²) in [6.45, 7) is 0.158. The van der Waals surface area contributed by atoms with Crippen LogP contribution in [0.5, 0.6) is 5.75 Å². The van der Waals surface area contributed by atoms with Crippen LogP contribution in [0.3, 0.4) is 0 Å². The van der Waals surface area contributed by atoms with E-state index in [1.54, 1.807) is 12.1 Å². The minimum atomic E-state index is -2.83. The van der Waals surface area contributed by atoms with Crippen LogP contribution >= 0.6 is 0 Å². The van der Waals surface area contributed by atoms with E-state index >= 15 is 0 Å². The molecule has 3 aromatic rings. The predicted octanol–water partition coefficient (Wildman–Crippen LogP) is 3.74. The zero-order valence-electron chi connectivity index (χ0n) is 16.1. The van der Waals surface area contributed by atoms with Gasteiger partial charge in [0, 0.05) is 12.2 Å². The number of alkyl halides is 2. The van der Waals surface area contributed by atoms with Gasteiger partial charge in [-0.3, -0.25) is 4.90 Å². The van der Waals surface area contributed by atoms with Crippen LogP contribution in [0.4, 0.5) is 26.4 Å². The fourth-order valence-electron chi connectivity index (χ4n) is 2.78. The van der Waals surface area contributed by atoms with Gasteiger partial charge in [-0.15, -0.1) is 0 Å². The van der Waals surface area contributed by atoms with E-state index in [0.717, 1.165) is 16.8 Å². The molecule has 0 saturated heterocycles. The predicted molar refractivity (Wildman–Crippen MR) is 107 cm³/mol. The molecule has 0 saturated carbocycles. The summed E-state index contributed by atoms with van der Waals surface area (Å²) >= 11 is 0. The molecular weight excluding hydrogens is 378 g/mol. The number of benzene rings is 2. The van der Waals surface area contributed by atoms with E-state index in [1.165, 1.54) is 12.1 Å². The first-order valence-electron chi connectivity index (χ1n) is 8.94. The molecule has 0 bridgehead atoms.